The lowest BCUT2D eigenvalue weighted by atomic mass is 10.0. The first kappa shape index (κ1) is 12.2. The zero-order valence-electron chi connectivity index (χ0n) is 10.8. The molecule has 0 unspecified atom stereocenters. The minimum Gasteiger partial charge on any atom is -0.0642 e. The number of benzene rings is 3. The molecular weight excluding hydrogens is 244 g/mol. The summed E-state index contributed by atoms with van der Waals surface area (Å²) in [6.07, 6.45) is 1.16. The van der Waals surface area contributed by atoms with E-state index in [1.807, 2.05) is 0 Å². The molecule has 1 heteroatoms. The Labute approximate surface area is 116 Å². The zero-order valence-corrected chi connectivity index (χ0v) is 11.8. The summed E-state index contributed by atoms with van der Waals surface area (Å²) in [5.74, 6) is 0. The minimum atomic E-state index is 0.901. The molecule has 0 bridgehead atoms. The van der Waals surface area contributed by atoms with Crippen molar-refractivity contribution in [3.63, 3.8) is 0 Å². The van der Waals surface area contributed by atoms with Gasteiger partial charge in [-0.3, -0.25) is 0 Å². The Morgan fingerprint density at radius 2 is 1.42 bits per heavy atom. The topological polar surface area (TPSA) is 0 Å². The van der Waals surface area contributed by atoms with Crippen molar-refractivity contribution >= 4 is 25.5 Å². The van der Waals surface area contributed by atoms with Crippen LogP contribution in [-0.4, -0.2) is 9.52 Å². The van der Waals surface area contributed by atoms with Gasteiger partial charge in [-0.2, -0.15) is 0 Å². The van der Waals surface area contributed by atoms with Crippen molar-refractivity contribution in [2.24, 2.45) is 0 Å². The highest BCUT2D eigenvalue weighted by molar-refractivity contribution is 6.53. The van der Waals surface area contributed by atoms with Gasteiger partial charge in [0, 0.05) is 0 Å². The molecule has 2 radical (unpaired) electrons. The SMILES string of the molecule is c1ccc([Si]CCc2cccc3ccccc23)cc1. The lowest BCUT2D eigenvalue weighted by molar-refractivity contribution is 1.15. The van der Waals surface area contributed by atoms with Gasteiger partial charge >= 0.3 is 0 Å². The summed E-state index contributed by atoms with van der Waals surface area (Å²) in [4.78, 5) is 0. The molecule has 0 aromatic heterocycles. The number of hydrogen-bond acceptors (Lipinski definition) is 0. The van der Waals surface area contributed by atoms with Gasteiger partial charge in [0.2, 0.25) is 0 Å². The van der Waals surface area contributed by atoms with Crippen molar-refractivity contribution < 1.29 is 0 Å². The number of hydrogen-bond donors (Lipinski definition) is 0. The molecule has 0 fully saturated rings. The monoisotopic (exact) mass is 260 g/mol. The Bertz CT molecular complexity index is 653. The van der Waals surface area contributed by atoms with Crippen LogP contribution in [0.5, 0.6) is 0 Å². The van der Waals surface area contributed by atoms with Gasteiger partial charge in [0.25, 0.3) is 0 Å². The molecule has 3 aromatic carbocycles. The van der Waals surface area contributed by atoms with E-state index in [-0.39, 0.29) is 0 Å². The van der Waals surface area contributed by atoms with Crippen molar-refractivity contribution in [3.05, 3.63) is 78.4 Å². The fraction of sp³-hybridized carbons (Fsp3) is 0.111. The fourth-order valence-corrected chi connectivity index (χ4v) is 3.52. The maximum atomic E-state index is 2.26. The van der Waals surface area contributed by atoms with E-state index < -0.39 is 0 Å². The smallest absolute Gasteiger partial charge is 0.0642 e. The van der Waals surface area contributed by atoms with Gasteiger partial charge < -0.3 is 0 Å². The third-order valence-corrected chi connectivity index (χ3v) is 4.62. The predicted octanol–water partition coefficient (Wildman–Crippen LogP) is 3.83. The maximum absolute atomic E-state index is 2.26. The molecule has 0 aliphatic heterocycles. The van der Waals surface area contributed by atoms with Gasteiger partial charge in [-0.25, -0.2) is 0 Å². The van der Waals surface area contributed by atoms with Crippen LogP contribution in [0.3, 0.4) is 0 Å². The second kappa shape index (κ2) is 5.85. The summed E-state index contributed by atoms with van der Waals surface area (Å²) in [5, 5.41) is 4.22. The van der Waals surface area contributed by atoms with Crippen LogP contribution in [0.25, 0.3) is 10.8 Å². The first-order valence-electron chi connectivity index (χ1n) is 6.69. The molecule has 0 heterocycles. The Morgan fingerprint density at radius 1 is 0.684 bits per heavy atom. The Hall–Kier alpha value is -1.86. The molecule has 0 N–H and O–H groups in total. The van der Waals surface area contributed by atoms with E-state index in [1.165, 1.54) is 27.6 Å². The molecule has 0 aliphatic carbocycles. The molecule has 0 aliphatic rings. The van der Waals surface area contributed by atoms with Crippen LogP contribution in [0.2, 0.25) is 6.04 Å². The van der Waals surface area contributed by atoms with Crippen LogP contribution in [0.1, 0.15) is 5.56 Å². The summed E-state index contributed by atoms with van der Waals surface area (Å²) in [5.41, 5.74) is 1.47. The third kappa shape index (κ3) is 2.94. The van der Waals surface area contributed by atoms with Crippen molar-refractivity contribution in [2.45, 2.75) is 12.5 Å². The van der Waals surface area contributed by atoms with E-state index in [1.54, 1.807) is 0 Å². The van der Waals surface area contributed by atoms with Crippen LogP contribution in [0.15, 0.2) is 72.8 Å². The quantitative estimate of drug-likeness (QED) is 0.625. The third-order valence-electron chi connectivity index (χ3n) is 3.38. The van der Waals surface area contributed by atoms with Crippen LogP contribution in [0, 0.1) is 0 Å². The van der Waals surface area contributed by atoms with Gasteiger partial charge in [0.15, 0.2) is 0 Å². The van der Waals surface area contributed by atoms with Gasteiger partial charge in [-0.05, 0) is 22.8 Å². The highest BCUT2D eigenvalue weighted by atomic mass is 28.2. The second-order valence-electron chi connectivity index (χ2n) is 4.68. The van der Waals surface area contributed by atoms with Gasteiger partial charge in [0.05, 0.1) is 9.52 Å². The van der Waals surface area contributed by atoms with Crippen molar-refractivity contribution in [1.29, 1.82) is 0 Å². The average molecular weight is 260 g/mol. The van der Waals surface area contributed by atoms with Crippen molar-refractivity contribution in [1.82, 2.24) is 0 Å². The van der Waals surface area contributed by atoms with Crippen LogP contribution >= 0.6 is 0 Å². The fourth-order valence-electron chi connectivity index (χ4n) is 2.41. The average Bonchev–Trinajstić information content (AvgIpc) is 2.49. The Balaban J connectivity index is 1.72. The van der Waals surface area contributed by atoms with E-state index in [4.69, 9.17) is 0 Å². The lowest BCUT2D eigenvalue weighted by Gasteiger charge is -2.06. The van der Waals surface area contributed by atoms with Crippen LogP contribution in [0.4, 0.5) is 0 Å². The molecule has 0 nitrogen and oxygen atoms in total. The molecule has 0 amide bonds. The second-order valence-corrected chi connectivity index (χ2v) is 6.11. The van der Waals surface area contributed by atoms with Gasteiger partial charge in [0.1, 0.15) is 0 Å². The Morgan fingerprint density at radius 3 is 2.32 bits per heavy atom. The summed E-state index contributed by atoms with van der Waals surface area (Å²) in [6.45, 7) is 0. The molecule has 3 aromatic rings. The summed E-state index contributed by atoms with van der Waals surface area (Å²) >= 11 is 0. The summed E-state index contributed by atoms with van der Waals surface area (Å²) in [6, 6.07) is 27.3. The van der Waals surface area contributed by atoms with E-state index in [0.29, 0.717) is 0 Å². The summed E-state index contributed by atoms with van der Waals surface area (Å²) in [7, 11) is 0.901. The minimum absolute atomic E-state index is 0.901. The highest BCUT2D eigenvalue weighted by Crippen LogP contribution is 2.19. The number of fused-ring (bicyclic) bond motifs is 1. The highest BCUT2D eigenvalue weighted by Gasteiger charge is 2.01. The summed E-state index contributed by atoms with van der Waals surface area (Å²) < 4.78 is 0. The van der Waals surface area contributed by atoms with Gasteiger partial charge in [-0.1, -0.05) is 84.0 Å². The van der Waals surface area contributed by atoms with E-state index in [0.717, 1.165) is 15.9 Å². The van der Waals surface area contributed by atoms with Crippen molar-refractivity contribution in [3.8, 4) is 0 Å². The van der Waals surface area contributed by atoms with Crippen LogP contribution in [-0.2, 0) is 6.42 Å². The molecular formula is C18H16Si. The molecule has 0 saturated carbocycles. The van der Waals surface area contributed by atoms with Gasteiger partial charge in [-0.15, -0.1) is 0 Å². The normalized spacial score (nSPS) is 10.7. The largest absolute Gasteiger partial charge is 0.0811 e. The predicted molar refractivity (Wildman–Crippen MR) is 84.3 cm³/mol. The van der Waals surface area contributed by atoms with E-state index in [9.17, 15) is 0 Å². The van der Waals surface area contributed by atoms with E-state index in [2.05, 4.69) is 72.8 Å². The standard InChI is InChI=1S/C18H16Si/c1-2-10-17(11-3-1)19-14-13-16-9-6-8-15-7-4-5-12-18(15)16/h1-12H,13-14H2. The molecule has 19 heavy (non-hydrogen) atoms. The first-order valence-corrected chi connectivity index (χ1v) is 7.90. The first-order chi connectivity index (χ1) is 9.43. The number of aryl methyl sites for hydroxylation is 1. The molecule has 3 rings (SSSR count). The molecule has 0 spiro atoms. The zero-order chi connectivity index (χ0) is 12.9. The van der Waals surface area contributed by atoms with Crippen molar-refractivity contribution in [2.75, 3.05) is 0 Å². The van der Waals surface area contributed by atoms with Crippen LogP contribution < -0.4 is 5.19 Å². The number of rotatable bonds is 4. The molecule has 92 valence electrons. The Kier molecular flexibility index (Phi) is 3.75. The molecule has 0 saturated heterocycles. The van der Waals surface area contributed by atoms with E-state index >= 15 is 0 Å². The molecule has 0 atom stereocenters. The maximum Gasteiger partial charge on any atom is 0.0811 e. The lowest BCUT2D eigenvalue weighted by Crippen LogP contribution is -2.13.